The molecule has 0 aromatic heterocycles. The Morgan fingerprint density at radius 3 is 2.94 bits per heavy atom. The first-order valence-corrected chi connectivity index (χ1v) is 6.80. The van der Waals surface area contributed by atoms with Crippen molar-refractivity contribution in [3.05, 3.63) is 0 Å². The van der Waals surface area contributed by atoms with Crippen molar-refractivity contribution in [2.45, 2.75) is 64.0 Å². The molecule has 3 unspecified atom stereocenters. The van der Waals surface area contributed by atoms with E-state index in [0.717, 1.165) is 18.9 Å². The fourth-order valence-electron chi connectivity index (χ4n) is 2.99. The Balaban J connectivity index is 1.67. The van der Waals surface area contributed by atoms with Crippen molar-refractivity contribution >= 4 is 5.91 Å². The second kappa shape index (κ2) is 5.67. The van der Waals surface area contributed by atoms with Crippen LogP contribution in [0.25, 0.3) is 0 Å². The zero-order valence-corrected chi connectivity index (χ0v) is 10.3. The van der Waals surface area contributed by atoms with E-state index >= 15 is 0 Å². The standard InChI is InChI=1S/C13H24N2O/c1-2-10-4-3-5-11(8-10)14-9-12-6-7-13(16)15-12/h10-12,14H,2-9H2,1H3,(H,15,16). The molecule has 0 aromatic rings. The van der Waals surface area contributed by atoms with Gasteiger partial charge in [-0.2, -0.15) is 0 Å². The van der Waals surface area contributed by atoms with E-state index in [1.54, 1.807) is 0 Å². The van der Waals surface area contributed by atoms with E-state index in [4.69, 9.17) is 0 Å². The largest absolute Gasteiger partial charge is 0.352 e. The van der Waals surface area contributed by atoms with Crippen LogP contribution in [0.4, 0.5) is 0 Å². The minimum atomic E-state index is 0.224. The van der Waals surface area contributed by atoms with Gasteiger partial charge in [-0.3, -0.25) is 4.79 Å². The van der Waals surface area contributed by atoms with E-state index in [1.807, 2.05) is 0 Å². The summed E-state index contributed by atoms with van der Waals surface area (Å²) < 4.78 is 0. The van der Waals surface area contributed by atoms with Gasteiger partial charge in [-0.15, -0.1) is 0 Å². The molecule has 2 fully saturated rings. The number of nitrogens with one attached hydrogen (secondary N) is 2. The second-order valence-electron chi connectivity index (χ2n) is 5.35. The average molecular weight is 224 g/mol. The van der Waals surface area contributed by atoms with Gasteiger partial charge in [0.15, 0.2) is 0 Å². The number of carbonyl (C=O) groups excluding carboxylic acids is 1. The Morgan fingerprint density at radius 2 is 2.25 bits per heavy atom. The molecule has 2 aliphatic rings. The van der Waals surface area contributed by atoms with Gasteiger partial charge >= 0.3 is 0 Å². The monoisotopic (exact) mass is 224 g/mol. The quantitative estimate of drug-likeness (QED) is 0.765. The summed E-state index contributed by atoms with van der Waals surface area (Å²) in [6.45, 7) is 3.26. The minimum absolute atomic E-state index is 0.224. The van der Waals surface area contributed by atoms with Crippen molar-refractivity contribution in [3.8, 4) is 0 Å². The number of hydrogen-bond acceptors (Lipinski definition) is 2. The average Bonchev–Trinajstić information content (AvgIpc) is 2.73. The molecule has 0 spiro atoms. The molecule has 16 heavy (non-hydrogen) atoms. The molecule has 1 heterocycles. The summed E-state index contributed by atoms with van der Waals surface area (Å²) in [5.41, 5.74) is 0. The maximum atomic E-state index is 11.1. The summed E-state index contributed by atoms with van der Waals surface area (Å²) in [4.78, 5) is 11.1. The molecule has 3 nitrogen and oxygen atoms in total. The van der Waals surface area contributed by atoms with E-state index in [9.17, 15) is 4.79 Å². The molecule has 3 atom stereocenters. The lowest BCUT2D eigenvalue weighted by atomic mass is 9.84. The fourth-order valence-corrected chi connectivity index (χ4v) is 2.99. The van der Waals surface area contributed by atoms with E-state index in [2.05, 4.69) is 17.6 Å². The Labute approximate surface area is 98.4 Å². The maximum Gasteiger partial charge on any atom is 0.220 e. The summed E-state index contributed by atoms with van der Waals surface area (Å²) in [7, 11) is 0. The molecular weight excluding hydrogens is 200 g/mol. The molecule has 92 valence electrons. The number of amides is 1. The fraction of sp³-hybridized carbons (Fsp3) is 0.923. The van der Waals surface area contributed by atoms with Crippen LogP contribution in [0, 0.1) is 5.92 Å². The van der Waals surface area contributed by atoms with E-state index < -0.39 is 0 Å². The molecule has 2 N–H and O–H groups in total. The molecule has 1 saturated heterocycles. The lowest BCUT2D eigenvalue weighted by Crippen LogP contribution is -2.42. The predicted octanol–water partition coefficient (Wildman–Crippen LogP) is 1.82. The highest BCUT2D eigenvalue weighted by Gasteiger charge is 2.24. The highest BCUT2D eigenvalue weighted by molar-refractivity contribution is 5.78. The number of rotatable bonds is 4. The molecule has 0 bridgehead atoms. The Kier molecular flexibility index (Phi) is 4.22. The van der Waals surface area contributed by atoms with Crippen LogP contribution in [0.5, 0.6) is 0 Å². The predicted molar refractivity (Wildman–Crippen MR) is 65.2 cm³/mol. The zero-order chi connectivity index (χ0) is 11.4. The molecule has 0 radical (unpaired) electrons. The van der Waals surface area contributed by atoms with Crippen molar-refractivity contribution in [2.75, 3.05) is 6.54 Å². The van der Waals surface area contributed by atoms with Crippen molar-refractivity contribution in [2.24, 2.45) is 5.92 Å². The van der Waals surface area contributed by atoms with Crippen molar-refractivity contribution in [3.63, 3.8) is 0 Å². The highest BCUT2D eigenvalue weighted by atomic mass is 16.1. The van der Waals surface area contributed by atoms with Crippen molar-refractivity contribution < 1.29 is 4.79 Å². The van der Waals surface area contributed by atoms with Crippen LogP contribution < -0.4 is 10.6 Å². The van der Waals surface area contributed by atoms with Crippen LogP contribution >= 0.6 is 0 Å². The first kappa shape index (κ1) is 11.9. The number of carbonyl (C=O) groups is 1. The van der Waals surface area contributed by atoms with Crippen molar-refractivity contribution in [1.29, 1.82) is 0 Å². The van der Waals surface area contributed by atoms with Gasteiger partial charge in [-0.1, -0.05) is 26.2 Å². The minimum Gasteiger partial charge on any atom is -0.352 e. The summed E-state index contributed by atoms with van der Waals surface area (Å²) in [5, 5.41) is 6.65. The Morgan fingerprint density at radius 1 is 1.38 bits per heavy atom. The third kappa shape index (κ3) is 3.21. The number of hydrogen-bond donors (Lipinski definition) is 2. The first-order valence-electron chi connectivity index (χ1n) is 6.80. The summed E-state index contributed by atoms with van der Waals surface area (Å²) in [6.07, 6.45) is 8.47. The highest BCUT2D eigenvalue weighted by Crippen LogP contribution is 2.26. The van der Waals surface area contributed by atoms with Crippen LogP contribution in [0.15, 0.2) is 0 Å². The summed E-state index contributed by atoms with van der Waals surface area (Å²) in [6, 6.07) is 1.07. The Hall–Kier alpha value is -0.570. The van der Waals surface area contributed by atoms with E-state index in [-0.39, 0.29) is 5.91 Å². The van der Waals surface area contributed by atoms with Gasteiger partial charge in [0.05, 0.1) is 0 Å². The van der Waals surface area contributed by atoms with E-state index in [1.165, 1.54) is 32.1 Å². The molecular formula is C13H24N2O. The Bertz CT molecular complexity index is 242. The summed E-state index contributed by atoms with van der Waals surface area (Å²) >= 11 is 0. The molecule has 1 aliphatic carbocycles. The second-order valence-corrected chi connectivity index (χ2v) is 5.35. The van der Waals surface area contributed by atoms with Gasteiger partial charge in [-0.25, -0.2) is 0 Å². The summed E-state index contributed by atoms with van der Waals surface area (Å²) in [5.74, 6) is 1.14. The topological polar surface area (TPSA) is 41.1 Å². The first-order chi connectivity index (χ1) is 7.78. The van der Waals surface area contributed by atoms with E-state index in [0.29, 0.717) is 18.5 Å². The van der Waals surface area contributed by atoms with Gasteiger partial charge in [0.1, 0.15) is 0 Å². The lowest BCUT2D eigenvalue weighted by Gasteiger charge is -2.30. The SMILES string of the molecule is CCC1CCCC(NCC2CCC(=O)N2)C1. The van der Waals surface area contributed by atoms with Crippen LogP contribution in [-0.4, -0.2) is 24.5 Å². The zero-order valence-electron chi connectivity index (χ0n) is 10.3. The molecule has 2 rings (SSSR count). The molecule has 1 aliphatic heterocycles. The smallest absolute Gasteiger partial charge is 0.220 e. The van der Waals surface area contributed by atoms with Gasteiger partial charge in [0, 0.05) is 25.0 Å². The van der Waals surface area contributed by atoms with Crippen LogP contribution in [0.3, 0.4) is 0 Å². The molecule has 0 aromatic carbocycles. The van der Waals surface area contributed by atoms with Gasteiger partial charge in [0.25, 0.3) is 0 Å². The van der Waals surface area contributed by atoms with Crippen molar-refractivity contribution in [1.82, 2.24) is 10.6 Å². The maximum absolute atomic E-state index is 11.1. The molecule has 1 amide bonds. The third-order valence-electron chi connectivity index (χ3n) is 4.10. The van der Waals surface area contributed by atoms with Crippen LogP contribution in [0.1, 0.15) is 51.9 Å². The normalized spacial score (nSPS) is 35.1. The third-order valence-corrected chi connectivity index (χ3v) is 4.10. The lowest BCUT2D eigenvalue weighted by molar-refractivity contribution is -0.119. The van der Waals surface area contributed by atoms with Crippen LogP contribution in [-0.2, 0) is 4.79 Å². The molecule has 3 heteroatoms. The van der Waals surface area contributed by atoms with Gasteiger partial charge < -0.3 is 10.6 Å². The van der Waals surface area contributed by atoms with Gasteiger partial charge in [0.2, 0.25) is 5.91 Å². The van der Waals surface area contributed by atoms with Crippen LogP contribution in [0.2, 0.25) is 0 Å². The molecule has 1 saturated carbocycles. The van der Waals surface area contributed by atoms with Gasteiger partial charge in [-0.05, 0) is 25.2 Å².